The van der Waals surface area contributed by atoms with Gasteiger partial charge in [0, 0.05) is 10.7 Å². The van der Waals surface area contributed by atoms with E-state index >= 15 is 0 Å². The zero-order valence-corrected chi connectivity index (χ0v) is 12.8. The summed E-state index contributed by atoms with van der Waals surface area (Å²) in [5.41, 5.74) is 3.84. The number of benzene rings is 2. The Labute approximate surface area is 133 Å². The van der Waals surface area contributed by atoms with Gasteiger partial charge in [-0.25, -0.2) is 10.2 Å². The van der Waals surface area contributed by atoms with Gasteiger partial charge in [-0.2, -0.15) is 5.10 Å². The third kappa shape index (κ3) is 5.10. The number of carbonyl (C=O) groups excluding carboxylic acids is 1. The van der Waals surface area contributed by atoms with Crippen molar-refractivity contribution < 1.29 is 9.53 Å². The highest BCUT2D eigenvalue weighted by Gasteiger charge is 2.00. The summed E-state index contributed by atoms with van der Waals surface area (Å²) in [6.45, 7) is 2.55. The van der Waals surface area contributed by atoms with Crippen LogP contribution in [0, 0.1) is 0 Å². The van der Waals surface area contributed by atoms with Gasteiger partial charge >= 0.3 is 6.03 Å². The first-order valence-electron chi connectivity index (χ1n) is 6.76. The van der Waals surface area contributed by atoms with Gasteiger partial charge in [-0.1, -0.05) is 17.7 Å². The topological polar surface area (TPSA) is 62.7 Å². The lowest BCUT2D eigenvalue weighted by molar-refractivity contribution is 0.252. The summed E-state index contributed by atoms with van der Waals surface area (Å²) >= 11 is 5.84. The van der Waals surface area contributed by atoms with Crippen molar-refractivity contribution in [3.63, 3.8) is 0 Å². The van der Waals surface area contributed by atoms with Crippen LogP contribution in [-0.2, 0) is 0 Å². The SMILES string of the molecule is CCOc1ccc(/C=N\NC(=O)Nc2cccc(Cl)c2)cc1. The minimum Gasteiger partial charge on any atom is -0.494 e. The Morgan fingerprint density at radius 1 is 1.27 bits per heavy atom. The van der Waals surface area contributed by atoms with Crippen molar-refractivity contribution >= 4 is 29.5 Å². The quantitative estimate of drug-likeness (QED) is 0.649. The van der Waals surface area contributed by atoms with E-state index in [1.807, 2.05) is 31.2 Å². The molecule has 0 radical (unpaired) electrons. The van der Waals surface area contributed by atoms with Crippen molar-refractivity contribution in [2.75, 3.05) is 11.9 Å². The average Bonchev–Trinajstić information content (AvgIpc) is 2.49. The Kier molecular flexibility index (Phi) is 5.80. The van der Waals surface area contributed by atoms with E-state index in [0.29, 0.717) is 17.3 Å². The molecule has 0 aromatic heterocycles. The maximum Gasteiger partial charge on any atom is 0.339 e. The molecule has 114 valence electrons. The molecule has 2 aromatic rings. The Morgan fingerprint density at radius 2 is 2.05 bits per heavy atom. The van der Waals surface area contributed by atoms with Crippen LogP contribution >= 0.6 is 11.6 Å². The van der Waals surface area contributed by atoms with Gasteiger partial charge in [0.1, 0.15) is 5.75 Å². The predicted molar refractivity (Wildman–Crippen MR) is 88.8 cm³/mol. The van der Waals surface area contributed by atoms with E-state index in [0.717, 1.165) is 11.3 Å². The van der Waals surface area contributed by atoms with E-state index in [4.69, 9.17) is 16.3 Å². The molecule has 0 aliphatic heterocycles. The van der Waals surface area contributed by atoms with Gasteiger partial charge in [-0.05, 0) is 55.0 Å². The fraction of sp³-hybridized carbons (Fsp3) is 0.125. The zero-order valence-electron chi connectivity index (χ0n) is 12.0. The molecule has 0 unspecified atom stereocenters. The number of hydrogen-bond donors (Lipinski definition) is 2. The highest BCUT2D eigenvalue weighted by atomic mass is 35.5. The standard InChI is InChI=1S/C16H16ClN3O2/c1-2-22-15-8-6-12(7-9-15)11-18-20-16(21)19-14-5-3-4-13(17)10-14/h3-11H,2H2,1H3,(H2,19,20,21)/b18-11-. The van der Waals surface area contributed by atoms with Crippen LogP contribution in [0.3, 0.4) is 0 Å². The molecule has 5 nitrogen and oxygen atoms in total. The van der Waals surface area contributed by atoms with E-state index in [2.05, 4.69) is 15.8 Å². The first-order chi connectivity index (χ1) is 10.7. The van der Waals surface area contributed by atoms with Crippen LogP contribution < -0.4 is 15.5 Å². The summed E-state index contributed by atoms with van der Waals surface area (Å²) in [5, 5.41) is 7.05. The van der Waals surface area contributed by atoms with Gasteiger partial charge in [-0.3, -0.25) is 0 Å². The predicted octanol–water partition coefficient (Wildman–Crippen LogP) is 3.89. The number of rotatable bonds is 5. The van der Waals surface area contributed by atoms with Gasteiger partial charge in [0.15, 0.2) is 0 Å². The lowest BCUT2D eigenvalue weighted by Gasteiger charge is -2.04. The molecule has 0 saturated carbocycles. The molecule has 0 aliphatic carbocycles. The largest absolute Gasteiger partial charge is 0.494 e. The minimum absolute atomic E-state index is 0.440. The summed E-state index contributed by atoms with van der Waals surface area (Å²) < 4.78 is 5.34. The third-order valence-electron chi connectivity index (χ3n) is 2.65. The number of ether oxygens (including phenoxy) is 1. The van der Waals surface area contributed by atoms with Crippen LogP contribution in [0.4, 0.5) is 10.5 Å². The zero-order chi connectivity index (χ0) is 15.8. The molecular formula is C16H16ClN3O2. The summed E-state index contributed by atoms with van der Waals surface area (Å²) in [7, 11) is 0. The van der Waals surface area contributed by atoms with Crippen LogP contribution in [0.15, 0.2) is 53.6 Å². The molecule has 0 aliphatic rings. The second-order valence-electron chi connectivity index (χ2n) is 4.34. The monoisotopic (exact) mass is 317 g/mol. The van der Waals surface area contributed by atoms with Crippen molar-refractivity contribution in [3.05, 3.63) is 59.1 Å². The van der Waals surface area contributed by atoms with Crippen molar-refractivity contribution in [3.8, 4) is 5.75 Å². The van der Waals surface area contributed by atoms with Crippen LogP contribution in [0.1, 0.15) is 12.5 Å². The van der Waals surface area contributed by atoms with Crippen molar-refractivity contribution in [1.29, 1.82) is 0 Å². The molecule has 0 spiro atoms. The fourth-order valence-electron chi connectivity index (χ4n) is 1.71. The molecular weight excluding hydrogens is 302 g/mol. The smallest absolute Gasteiger partial charge is 0.339 e. The number of halogens is 1. The molecule has 0 fully saturated rings. The van der Waals surface area contributed by atoms with Crippen molar-refractivity contribution in [2.45, 2.75) is 6.92 Å². The summed E-state index contributed by atoms with van der Waals surface area (Å²) in [5.74, 6) is 0.798. The molecule has 0 heterocycles. The number of nitrogens with one attached hydrogen (secondary N) is 2. The first kappa shape index (κ1) is 15.9. The maximum absolute atomic E-state index is 11.7. The summed E-state index contributed by atoms with van der Waals surface area (Å²) in [4.78, 5) is 11.7. The number of carbonyl (C=O) groups is 1. The highest BCUT2D eigenvalue weighted by Crippen LogP contribution is 2.14. The second-order valence-corrected chi connectivity index (χ2v) is 4.77. The van der Waals surface area contributed by atoms with Gasteiger partial charge in [0.25, 0.3) is 0 Å². The summed E-state index contributed by atoms with van der Waals surface area (Å²) in [6.07, 6.45) is 1.55. The molecule has 6 heteroatoms. The number of nitrogens with zero attached hydrogens (tertiary/aromatic N) is 1. The molecule has 2 N–H and O–H groups in total. The van der Waals surface area contributed by atoms with E-state index < -0.39 is 6.03 Å². The molecule has 0 saturated heterocycles. The maximum atomic E-state index is 11.7. The van der Waals surface area contributed by atoms with Crippen LogP contribution in [0.5, 0.6) is 5.75 Å². The molecule has 2 aromatic carbocycles. The number of hydrazone groups is 1. The van der Waals surface area contributed by atoms with E-state index in [9.17, 15) is 4.79 Å². The molecule has 2 amide bonds. The van der Waals surface area contributed by atoms with E-state index in [-0.39, 0.29) is 0 Å². The lowest BCUT2D eigenvalue weighted by atomic mass is 10.2. The second kappa shape index (κ2) is 8.05. The van der Waals surface area contributed by atoms with Crippen LogP contribution in [-0.4, -0.2) is 18.9 Å². The Bertz CT molecular complexity index is 657. The number of hydrogen-bond acceptors (Lipinski definition) is 3. The third-order valence-corrected chi connectivity index (χ3v) is 2.89. The van der Waals surface area contributed by atoms with Gasteiger partial charge in [-0.15, -0.1) is 0 Å². The minimum atomic E-state index is -0.440. The van der Waals surface area contributed by atoms with Crippen LogP contribution in [0.25, 0.3) is 0 Å². The highest BCUT2D eigenvalue weighted by molar-refractivity contribution is 6.30. The van der Waals surface area contributed by atoms with Gasteiger partial charge in [0.05, 0.1) is 12.8 Å². The Balaban J connectivity index is 1.85. The van der Waals surface area contributed by atoms with Crippen molar-refractivity contribution in [1.82, 2.24) is 5.43 Å². The normalized spacial score (nSPS) is 10.5. The van der Waals surface area contributed by atoms with Gasteiger partial charge < -0.3 is 10.1 Å². The average molecular weight is 318 g/mol. The van der Waals surface area contributed by atoms with E-state index in [1.165, 1.54) is 0 Å². The molecule has 0 atom stereocenters. The number of urea groups is 1. The van der Waals surface area contributed by atoms with Crippen LogP contribution in [0.2, 0.25) is 5.02 Å². The number of amides is 2. The summed E-state index contributed by atoms with van der Waals surface area (Å²) in [6, 6.07) is 13.8. The number of anilines is 1. The molecule has 0 bridgehead atoms. The molecule has 2 rings (SSSR count). The van der Waals surface area contributed by atoms with Gasteiger partial charge in [0.2, 0.25) is 0 Å². The Hall–Kier alpha value is -2.53. The first-order valence-corrected chi connectivity index (χ1v) is 7.13. The Morgan fingerprint density at radius 3 is 2.73 bits per heavy atom. The lowest BCUT2D eigenvalue weighted by Crippen LogP contribution is -2.24. The van der Waals surface area contributed by atoms with E-state index in [1.54, 1.807) is 30.5 Å². The van der Waals surface area contributed by atoms with Crippen molar-refractivity contribution in [2.24, 2.45) is 5.10 Å². The molecule has 22 heavy (non-hydrogen) atoms. The fourth-order valence-corrected chi connectivity index (χ4v) is 1.90.